The average Bonchev–Trinajstić information content (AvgIpc) is 2.40. The molecule has 0 aliphatic heterocycles. The first kappa shape index (κ1) is 13.6. The number of hydrogen-bond donors (Lipinski definition) is 1. The summed E-state index contributed by atoms with van der Waals surface area (Å²) in [5.74, 6) is 0.936. The summed E-state index contributed by atoms with van der Waals surface area (Å²) in [7, 11) is 0. The third kappa shape index (κ3) is 3.36. The molecule has 2 aromatic rings. The molecule has 19 heavy (non-hydrogen) atoms. The van der Waals surface area contributed by atoms with Crippen LogP contribution in [0.15, 0.2) is 42.5 Å². The molecule has 2 N–H and O–H groups in total. The summed E-state index contributed by atoms with van der Waals surface area (Å²) < 4.78 is 5.90. The zero-order chi connectivity index (χ0) is 13.8. The highest BCUT2D eigenvalue weighted by Crippen LogP contribution is 2.26. The highest BCUT2D eigenvalue weighted by molar-refractivity contribution is 5.42. The molecule has 2 nitrogen and oxygen atoms in total. The van der Waals surface area contributed by atoms with Crippen LogP contribution in [0, 0.1) is 13.8 Å². The fraction of sp³-hybridized carbons (Fsp3) is 0.294. The molecule has 0 amide bonds. The van der Waals surface area contributed by atoms with Crippen LogP contribution >= 0.6 is 0 Å². The number of hydrogen-bond acceptors (Lipinski definition) is 2. The van der Waals surface area contributed by atoms with Gasteiger partial charge in [-0.1, -0.05) is 36.4 Å². The zero-order valence-electron chi connectivity index (χ0n) is 11.8. The molecule has 2 aromatic carbocycles. The summed E-state index contributed by atoms with van der Waals surface area (Å²) in [5.41, 5.74) is 10.6. The van der Waals surface area contributed by atoms with Gasteiger partial charge in [0.25, 0.3) is 0 Å². The lowest BCUT2D eigenvalue weighted by Crippen LogP contribution is -2.08. The summed E-state index contributed by atoms with van der Waals surface area (Å²) in [6, 6.07) is 14.5. The predicted molar refractivity (Wildman–Crippen MR) is 79.3 cm³/mol. The van der Waals surface area contributed by atoms with E-state index in [4.69, 9.17) is 10.5 Å². The molecule has 2 heteroatoms. The highest BCUT2D eigenvalue weighted by Gasteiger charge is 2.08. The van der Waals surface area contributed by atoms with Crippen LogP contribution in [-0.4, -0.2) is 0 Å². The zero-order valence-corrected chi connectivity index (χ0v) is 11.8. The minimum absolute atomic E-state index is 0.0573. The summed E-state index contributed by atoms with van der Waals surface area (Å²) in [6.07, 6.45) is 0. The summed E-state index contributed by atoms with van der Waals surface area (Å²) in [4.78, 5) is 0. The Morgan fingerprint density at radius 3 is 2.37 bits per heavy atom. The number of benzene rings is 2. The van der Waals surface area contributed by atoms with E-state index in [1.165, 1.54) is 16.7 Å². The molecular weight excluding hydrogens is 234 g/mol. The van der Waals surface area contributed by atoms with Crippen LogP contribution < -0.4 is 10.5 Å². The Bertz CT molecular complexity index is 547. The van der Waals surface area contributed by atoms with Crippen molar-refractivity contribution in [1.82, 2.24) is 0 Å². The van der Waals surface area contributed by atoms with Gasteiger partial charge in [-0.2, -0.15) is 0 Å². The second-order valence-electron chi connectivity index (χ2n) is 5.04. The van der Waals surface area contributed by atoms with Crippen LogP contribution in [0.3, 0.4) is 0 Å². The third-order valence-corrected chi connectivity index (χ3v) is 3.29. The average molecular weight is 255 g/mol. The molecule has 1 unspecified atom stereocenters. The van der Waals surface area contributed by atoms with Gasteiger partial charge in [0.05, 0.1) is 0 Å². The Labute approximate surface area is 115 Å². The SMILES string of the molecule is Cc1cc(C(C)N)c(C)cc1OCc1ccccc1. The number of rotatable bonds is 4. The van der Waals surface area contributed by atoms with Gasteiger partial charge in [0.2, 0.25) is 0 Å². The number of aryl methyl sites for hydroxylation is 2. The molecule has 2 rings (SSSR count). The fourth-order valence-corrected chi connectivity index (χ4v) is 2.19. The molecule has 0 saturated heterocycles. The van der Waals surface area contributed by atoms with Crippen LogP contribution in [-0.2, 0) is 6.61 Å². The first-order chi connectivity index (χ1) is 9.08. The monoisotopic (exact) mass is 255 g/mol. The highest BCUT2D eigenvalue weighted by atomic mass is 16.5. The Hall–Kier alpha value is -1.80. The lowest BCUT2D eigenvalue weighted by molar-refractivity contribution is 0.304. The van der Waals surface area contributed by atoms with Gasteiger partial charge in [0, 0.05) is 6.04 Å². The van der Waals surface area contributed by atoms with Crippen molar-refractivity contribution in [2.45, 2.75) is 33.4 Å². The molecular formula is C17H21NO. The fourth-order valence-electron chi connectivity index (χ4n) is 2.19. The van der Waals surface area contributed by atoms with E-state index in [9.17, 15) is 0 Å². The topological polar surface area (TPSA) is 35.2 Å². The summed E-state index contributed by atoms with van der Waals surface area (Å²) in [6.45, 7) is 6.74. The van der Waals surface area contributed by atoms with Crippen molar-refractivity contribution in [3.05, 3.63) is 64.7 Å². The number of nitrogens with two attached hydrogens (primary N) is 1. The van der Waals surface area contributed by atoms with E-state index in [2.05, 4.69) is 38.1 Å². The Morgan fingerprint density at radius 1 is 1.05 bits per heavy atom. The van der Waals surface area contributed by atoms with E-state index in [0.29, 0.717) is 6.61 Å². The van der Waals surface area contributed by atoms with Crippen LogP contribution in [0.2, 0.25) is 0 Å². The van der Waals surface area contributed by atoms with E-state index < -0.39 is 0 Å². The maximum absolute atomic E-state index is 5.96. The normalized spacial score (nSPS) is 12.2. The lowest BCUT2D eigenvalue weighted by Gasteiger charge is -2.15. The van der Waals surface area contributed by atoms with E-state index in [1.807, 2.05) is 25.1 Å². The molecule has 0 aliphatic carbocycles. The molecule has 0 heterocycles. The van der Waals surface area contributed by atoms with Crippen molar-refractivity contribution in [2.75, 3.05) is 0 Å². The van der Waals surface area contributed by atoms with Gasteiger partial charge in [0.15, 0.2) is 0 Å². The lowest BCUT2D eigenvalue weighted by atomic mass is 10.00. The van der Waals surface area contributed by atoms with Gasteiger partial charge in [-0.05, 0) is 49.1 Å². The smallest absolute Gasteiger partial charge is 0.123 e. The molecule has 1 atom stereocenters. The van der Waals surface area contributed by atoms with Gasteiger partial charge in [-0.25, -0.2) is 0 Å². The van der Waals surface area contributed by atoms with Gasteiger partial charge in [0.1, 0.15) is 12.4 Å². The van der Waals surface area contributed by atoms with Crippen molar-refractivity contribution in [3.63, 3.8) is 0 Å². The first-order valence-electron chi connectivity index (χ1n) is 6.61. The van der Waals surface area contributed by atoms with Gasteiger partial charge in [-0.15, -0.1) is 0 Å². The van der Waals surface area contributed by atoms with Crippen LogP contribution in [0.4, 0.5) is 0 Å². The minimum Gasteiger partial charge on any atom is -0.489 e. The molecule has 100 valence electrons. The standard InChI is InChI=1S/C17H21NO/c1-12-10-17(13(2)9-16(12)14(3)18)19-11-15-7-5-4-6-8-15/h4-10,14H,11,18H2,1-3H3. The van der Waals surface area contributed by atoms with E-state index >= 15 is 0 Å². The quantitative estimate of drug-likeness (QED) is 0.899. The Morgan fingerprint density at radius 2 is 1.74 bits per heavy atom. The van der Waals surface area contributed by atoms with Crippen molar-refractivity contribution < 1.29 is 4.74 Å². The van der Waals surface area contributed by atoms with E-state index in [1.54, 1.807) is 0 Å². The summed E-state index contributed by atoms with van der Waals surface area (Å²) >= 11 is 0. The molecule has 0 spiro atoms. The van der Waals surface area contributed by atoms with Crippen molar-refractivity contribution in [1.29, 1.82) is 0 Å². The Kier molecular flexibility index (Phi) is 4.23. The number of ether oxygens (including phenoxy) is 1. The molecule has 0 radical (unpaired) electrons. The second kappa shape index (κ2) is 5.89. The largest absolute Gasteiger partial charge is 0.489 e. The van der Waals surface area contributed by atoms with Crippen LogP contribution in [0.1, 0.15) is 35.2 Å². The van der Waals surface area contributed by atoms with Crippen molar-refractivity contribution in [2.24, 2.45) is 5.73 Å². The Balaban J connectivity index is 2.15. The van der Waals surface area contributed by atoms with Crippen LogP contribution in [0.5, 0.6) is 5.75 Å². The van der Waals surface area contributed by atoms with Gasteiger partial charge < -0.3 is 10.5 Å². The van der Waals surface area contributed by atoms with E-state index in [-0.39, 0.29) is 6.04 Å². The summed E-state index contributed by atoms with van der Waals surface area (Å²) in [5, 5.41) is 0. The second-order valence-corrected chi connectivity index (χ2v) is 5.04. The first-order valence-corrected chi connectivity index (χ1v) is 6.61. The molecule has 0 fully saturated rings. The van der Waals surface area contributed by atoms with Gasteiger partial charge in [-0.3, -0.25) is 0 Å². The third-order valence-electron chi connectivity index (χ3n) is 3.29. The van der Waals surface area contributed by atoms with Gasteiger partial charge >= 0.3 is 0 Å². The van der Waals surface area contributed by atoms with Crippen molar-refractivity contribution in [3.8, 4) is 5.75 Å². The van der Waals surface area contributed by atoms with E-state index in [0.717, 1.165) is 11.3 Å². The maximum atomic E-state index is 5.96. The molecule has 0 saturated carbocycles. The van der Waals surface area contributed by atoms with Crippen LogP contribution in [0.25, 0.3) is 0 Å². The molecule has 0 aromatic heterocycles. The van der Waals surface area contributed by atoms with Crippen molar-refractivity contribution >= 4 is 0 Å². The molecule has 0 aliphatic rings. The predicted octanol–water partition coefficient (Wildman–Crippen LogP) is 3.90. The molecule has 0 bridgehead atoms. The minimum atomic E-state index is 0.0573. The maximum Gasteiger partial charge on any atom is 0.123 e.